The molecule has 2 N–H and O–H groups in total. The second-order valence-corrected chi connectivity index (χ2v) is 3.98. The summed E-state index contributed by atoms with van der Waals surface area (Å²) in [4.78, 5) is 4.20. The van der Waals surface area contributed by atoms with Crippen LogP contribution in [-0.2, 0) is 0 Å². The molecule has 0 heterocycles. The van der Waals surface area contributed by atoms with Crippen LogP contribution < -0.4 is 5.73 Å². The predicted octanol–water partition coefficient (Wildman–Crippen LogP) is 3.96. The van der Waals surface area contributed by atoms with Crippen LogP contribution in [0.1, 0.15) is 47.0 Å². The molecule has 0 aliphatic heterocycles. The molecule has 0 atom stereocenters. The number of unbranched alkanes of at least 4 members (excludes halogenated alkanes) is 2. The average Bonchev–Trinajstić information content (AvgIpc) is 2.18. The average molecular weight is 220 g/mol. The van der Waals surface area contributed by atoms with Crippen molar-refractivity contribution in [3.63, 3.8) is 0 Å². The fourth-order valence-electron chi connectivity index (χ4n) is 1.71. The molecule has 90 valence electrons. The van der Waals surface area contributed by atoms with Gasteiger partial charge in [0.15, 0.2) is 0 Å². The van der Waals surface area contributed by atoms with E-state index in [2.05, 4.69) is 31.5 Å². The molecule has 0 saturated carbocycles. The van der Waals surface area contributed by atoms with Crippen LogP contribution in [0.15, 0.2) is 40.7 Å². The molecule has 0 rings (SSSR count). The molecule has 0 amide bonds. The SMILES string of the molecule is C=C\N=C(C)/C(C(/C)=C\CCCC)=C(/C)N. The highest BCUT2D eigenvalue weighted by atomic mass is 14.7. The van der Waals surface area contributed by atoms with E-state index in [-0.39, 0.29) is 0 Å². The Morgan fingerprint density at radius 1 is 1.31 bits per heavy atom. The van der Waals surface area contributed by atoms with E-state index in [1.165, 1.54) is 18.4 Å². The molecule has 0 spiro atoms. The van der Waals surface area contributed by atoms with Crippen molar-refractivity contribution in [3.8, 4) is 0 Å². The summed E-state index contributed by atoms with van der Waals surface area (Å²) in [6, 6.07) is 0. The maximum Gasteiger partial charge on any atom is 0.0464 e. The van der Waals surface area contributed by atoms with E-state index >= 15 is 0 Å². The molecule has 0 aliphatic rings. The van der Waals surface area contributed by atoms with Gasteiger partial charge in [-0.1, -0.05) is 32.4 Å². The number of aliphatic imine (C=N–C) groups is 1. The summed E-state index contributed by atoms with van der Waals surface area (Å²) in [5, 5.41) is 0. The molecule has 0 unspecified atom stereocenters. The largest absolute Gasteiger partial charge is 0.402 e. The van der Waals surface area contributed by atoms with Crippen molar-refractivity contribution < 1.29 is 0 Å². The quantitative estimate of drug-likeness (QED) is 0.410. The number of nitrogens with two attached hydrogens (primary N) is 1. The highest BCUT2D eigenvalue weighted by Gasteiger charge is 2.06. The first-order valence-electron chi connectivity index (χ1n) is 5.83. The third kappa shape index (κ3) is 4.96. The Balaban J connectivity index is 4.96. The van der Waals surface area contributed by atoms with Crippen molar-refractivity contribution in [3.05, 3.63) is 35.7 Å². The molecule has 0 radical (unpaired) electrons. The number of hydrogen-bond donors (Lipinski definition) is 1. The summed E-state index contributed by atoms with van der Waals surface area (Å²) < 4.78 is 0. The lowest BCUT2D eigenvalue weighted by atomic mass is 10.00. The van der Waals surface area contributed by atoms with Gasteiger partial charge in [-0.25, -0.2) is 0 Å². The minimum absolute atomic E-state index is 0.813. The molecule has 0 bridgehead atoms. The molecule has 0 aliphatic carbocycles. The number of hydrogen-bond acceptors (Lipinski definition) is 2. The highest BCUT2D eigenvalue weighted by Crippen LogP contribution is 2.16. The monoisotopic (exact) mass is 220 g/mol. The third-order valence-electron chi connectivity index (χ3n) is 2.44. The molecule has 2 nitrogen and oxygen atoms in total. The topological polar surface area (TPSA) is 38.4 Å². The molecule has 0 saturated heterocycles. The minimum atomic E-state index is 0.813. The Morgan fingerprint density at radius 2 is 1.94 bits per heavy atom. The Labute approximate surface area is 99.6 Å². The summed E-state index contributed by atoms with van der Waals surface area (Å²) in [7, 11) is 0. The predicted molar refractivity (Wildman–Crippen MR) is 73.5 cm³/mol. The van der Waals surface area contributed by atoms with E-state index in [9.17, 15) is 0 Å². The Bertz CT molecular complexity index is 316. The number of rotatable bonds is 6. The lowest BCUT2D eigenvalue weighted by Crippen LogP contribution is -2.07. The maximum atomic E-state index is 5.90. The van der Waals surface area contributed by atoms with Crippen LogP contribution in [0.5, 0.6) is 0 Å². The van der Waals surface area contributed by atoms with E-state index < -0.39 is 0 Å². The fourth-order valence-corrected chi connectivity index (χ4v) is 1.71. The van der Waals surface area contributed by atoms with Crippen molar-refractivity contribution in [2.45, 2.75) is 47.0 Å². The van der Waals surface area contributed by atoms with Crippen molar-refractivity contribution >= 4 is 5.71 Å². The first-order valence-corrected chi connectivity index (χ1v) is 5.83. The molecule has 0 aromatic carbocycles. The molecule has 16 heavy (non-hydrogen) atoms. The fraction of sp³-hybridized carbons (Fsp3) is 0.500. The zero-order chi connectivity index (χ0) is 12.6. The smallest absolute Gasteiger partial charge is 0.0464 e. The Kier molecular flexibility index (Phi) is 7.27. The van der Waals surface area contributed by atoms with Crippen molar-refractivity contribution in [2.24, 2.45) is 10.7 Å². The van der Waals surface area contributed by atoms with Crippen LogP contribution in [0.25, 0.3) is 0 Å². The van der Waals surface area contributed by atoms with E-state index in [0.29, 0.717) is 0 Å². The van der Waals surface area contributed by atoms with Crippen molar-refractivity contribution in [1.82, 2.24) is 0 Å². The summed E-state index contributed by atoms with van der Waals surface area (Å²) in [5.74, 6) is 0. The zero-order valence-electron chi connectivity index (χ0n) is 11.0. The number of nitrogens with zero attached hydrogens (tertiary/aromatic N) is 1. The van der Waals surface area contributed by atoms with Crippen LogP contribution in [0.3, 0.4) is 0 Å². The maximum absolute atomic E-state index is 5.90. The Morgan fingerprint density at radius 3 is 2.38 bits per heavy atom. The van der Waals surface area contributed by atoms with Crippen LogP contribution in [0, 0.1) is 0 Å². The van der Waals surface area contributed by atoms with Gasteiger partial charge in [0.1, 0.15) is 0 Å². The van der Waals surface area contributed by atoms with E-state index in [0.717, 1.165) is 23.4 Å². The van der Waals surface area contributed by atoms with E-state index in [1.54, 1.807) is 6.20 Å². The third-order valence-corrected chi connectivity index (χ3v) is 2.44. The summed E-state index contributed by atoms with van der Waals surface area (Å²) in [5.41, 5.74) is 9.90. The Hall–Kier alpha value is -1.31. The second kappa shape index (κ2) is 7.91. The second-order valence-electron chi connectivity index (χ2n) is 3.98. The van der Waals surface area contributed by atoms with Crippen LogP contribution in [-0.4, -0.2) is 5.71 Å². The van der Waals surface area contributed by atoms with E-state index in [4.69, 9.17) is 5.73 Å². The van der Waals surface area contributed by atoms with Crippen LogP contribution in [0.4, 0.5) is 0 Å². The molecular formula is C14H24N2. The van der Waals surface area contributed by atoms with Gasteiger partial charge in [-0.3, -0.25) is 4.99 Å². The summed E-state index contributed by atoms with van der Waals surface area (Å²) in [6.45, 7) is 11.8. The lowest BCUT2D eigenvalue weighted by Gasteiger charge is -2.10. The first-order chi connectivity index (χ1) is 7.54. The van der Waals surface area contributed by atoms with Gasteiger partial charge >= 0.3 is 0 Å². The minimum Gasteiger partial charge on any atom is -0.402 e. The summed E-state index contributed by atoms with van der Waals surface area (Å²) >= 11 is 0. The van der Waals surface area contributed by atoms with Crippen LogP contribution >= 0.6 is 0 Å². The standard InChI is InChI=1S/C14H24N2/c1-6-8-9-10-11(3)14(12(4)15)13(5)16-7-2/h7,10H,2,6,8-9,15H2,1,3-5H3/b11-10-,14-12-,16-13-. The van der Waals surface area contributed by atoms with E-state index in [1.807, 2.05) is 13.8 Å². The zero-order valence-corrected chi connectivity index (χ0v) is 11.0. The molecular weight excluding hydrogens is 196 g/mol. The van der Waals surface area contributed by atoms with Gasteiger partial charge in [-0.05, 0) is 32.8 Å². The number of allylic oxidation sites excluding steroid dienone is 4. The molecule has 2 heteroatoms. The van der Waals surface area contributed by atoms with Gasteiger partial charge < -0.3 is 5.73 Å². The van der Waals surface area contributed by atoms with Gasteiger partial charge in [-0.15, -0.1) is 0 Å². The van der Waals surface area contributed by atoms with Crippen LogP contribution in [0.2, 0.25) is 0 Å². The van der Waals surface area contributed by atoms with Crippen molar-refractivity contribution in [1.29, 1.82) is 0 Å². The van der Waals surface area contributed by atoms with Gasteiger partial charge in [-0.2, -0.15) is 0 Å². The van der Waals surface area contributed by atoms with Crippen molar-refractivity contribution in [2.75, 3.05) is 0 Å². The van der Waals surface area contributed by atoms with Gasteiger partial charge in [0.2, 0.25) is 0 Å². The normalized spacial score (nSPS) is 14.8. The van der Waals surface area contributed by atoms with Gasteiger partial charge in [0.25, 0.3) is 0 Å². The van der Waals surface area contributed by atoms with Gasteiger partial charge in [0.05, 0.1) is 0 Å². The lowest BCUT2D eigenvalue weighted by molar-refractivity contribution is 0.811. The van der Waals surface area contributed by atoms with Gasteiger partial charge in [0, 0.05) is 23.2 Å². The molecule has 0 aromatic heterocycles. The highest BCUT2D eigenvalue weighted by molar-refractivity contribution is 6.02. The first kappa shape index (κ1) is 14.7. The molecule has 0 aromatic rings. The molecule has 0 fully saturated rings. The summed E-state index contributed by atoms with van der Waals surface area (Å²) in [6.07, 6.45) is 7.31.